The molecule has 3 nitrogen and oxygen atoms in total. The lowest BCUT2D eigenvalue weighted by Gasteiger charge is -2.10. The van der Waals surface area contributed by atoms with Crippen molar-refractivity contribution >= 4 is 17.2 Å². The molecule has 84 valence electrons. The first-order valence-electron chi connectivity index (χ1n) is 5.15. The smallest absolute Gasteiger partial charge is 0.223 e. The zero-order valence-corrected chi connectivity index (χ0v) is 9.72. The number of hydrogen-bond acceptors (Lipinski definition) is 3. The Balaban J connectivity index is 2.27. The Kier molecular flexibility index (Phi) is 5.36. The van der Waals surface area contributed by atoms with Gasteiger partial charge in [0, 0.05) is 23.9 Å². The molecule has 0 fully saturated rings. The van der Waals surface area contributed by atoms with Gasteiger partial charge in [0.2, 0.25) is 5.91 Å². The maximum atomic E-state index is 11.6. The van der Waals surface area contributed by atoms with Crippen molar-refractivity contribution in [1.82, 2.24) is 5.32 Å². The van der Waals surface area contributed by atoms with Gasteiger partial charge < -0.3 is 10.4 Å². The predicted octanol–water partition coefficient (Wildman–Crippen LogP) is 1.43. The molecule has 1 amide bonds. The van der Waals surface area contributed by atoms with Crippen LogP contribution in [0.25, 0.3) is 0 Å². The Labute approximate surface area is 94.1 Å². The van der Waals surface area contributed by atoms with Crippen LogP contribution in [0.5, 0.6) is 0 Å². The van der Waals surface area contributed by atoms with Crippen molar-refractivity contribution in [2.24, 2.45) is 5.92 Å². The maximum absolute atomic E-state index is 11.6. The second-order valence-electron chi connectivity index (χ2n) is 3.55. The molecule has 0 aliphatic rings. The fourth-order valence-corrected chi connectivity index (χ4v) is 2.12. The number of amides is 1. The summed E-state index contributed by atoms with van der Waals surface area (Å²) in [4.78, 5) is 12.8. The second kappa shape index (κ2) is 6.58. The Hall–Kier alpha value is -0.870. The summed E-state index contributed by atoms with van der Waals surface area (Å²) >= 11 is 1.68. The fraction of sp³-hybridized carbons (Fsp3) is 0.545. The summed E-state index contributed by atoms with van der Waals surface area (Å²) < 4.78 is 0. The molecule has 0 aliphatic carbocycles. The Morgan fingerprint density at radius 1 is 1.67 bits per heavy atom. The molecule has 1 aromatic heterocycles. The first kappa shape index (κ1) is 12.2. The van der Waals surface area contributed by atoms with Crippen LogP contribution in [0.2, 0.25) is 0 Å². The average molecular weight is 227 g/mol. The van der Waals surface area contributed by atoms with Gasteiger partial charge >= 0.3 is 0 Å². The van der Waals surface area contributed by atoms with E-state index in [-0.39, 0.29) is 18.4 Å². The molecule has 1 atom stereocenters. The molecule has 0 spiro atoms. The van der Waals surface area contributed by atoms with Crippen molar-refractivity contribution in [3.63, 3.8) is 0 Å². The molecule has 2 N–H and O–H groups in total. The van der Waals surface area contributed by atoms with Gasteiger partial charge in [-0.05, 0) is 24.3 Å². The van der Waals surface area contributed by atoms with E-state index in [2.05, 4.69) is 5.32 Å². The van der Waals surface area contributed by atoms with Crippen LogP contribution in [0.3, 0.4) is 0 Å². The van der Waals surface area contributed by atoms with Gasteiger partial charge in [-0.15, -0.1) is 11.3 Å². The molecule has 15 heavy (non-hydrogen) atoms. The summed E-state index contributed by atoms with van der Waals surface area (Å²) in [6, 6.07) is 4.04. The minimum Gasteiger partial charge on any atom is -0.396 e. The fourth-order valence-electron chi connectivity index (χ4n) is 1.29. The number of carbonyl (C=O) groups is 1. The lowest BCUT2D eigenvalue weighted by molar-refractivity contribution is -0.124. The number of carbonyl (C=O) groups excluding carboxylic acids is 1. The topological polar surface area (TPSA) is 49.3 Å². The van der Waals surface area contributed by atoms with Gasteiger partial charge in [0.15, 0.2) is 0 Å². The SMILES string of the molecule is CC(Cc1cccs1)C(=O)NCCCO. The van der Waals surface area contributed by atoms with E-state index in [9.17, 15) is 4.79 Å². The third-order valence-electron chi connectivity index (χ3n) is 2.17. The van der Waals surface area contributed by atoms with E-state index in [1.165, 1.54) is 4.88 Å². The highest BCUT2D eigenvalue weighted by atomic mass is 32.1. The van der Waals surface area contributed by atoms with Crippen LogP contribution in [0.4, 0.5) is 0 Å². The number of nitrogens with one attached hydrogen (secondary N) is 1. The van der Waals surface area contributed by atoms with E-state index in [0.717, 1.165) is 6.42 Å². The lowest BCUT2D eigenvalue weighted by Crippen LogP contribution is -2.31. The Morgan fingerprint density at radius 3 is 3.07 bits per heavy atom. The van der Waals surface area contributed by atoms with Crippen LogP contribution in [-0.4, -0.2) is 24.2 Å². The van der Waals surface area contributed by atoms with Gasteiger partial charge in [-0.25, -0.2) is 0 Å². The molecule has 0 aliphatic heterocycles. The van der Waals surface area contributed by atoms with Crippen LogP contribution < -0.4 is 5.32 Å². The molecular weight excluding hydrogens is 210 g/mol. The molecular formula is C11H17NO2S. The number of aliphatic hydroxyl groups is 1. The quantitative estimate of drug-likeness (QED) is 0.722. The van der Waals surface area contributed by atoms with E-state index < -0.39 is 0 Å². The van der Waals surface area contributed by atoms with Crippen LogP contribution in [0, 0.1) is 5.92 Å². The lowest BCUT2D eigenvalue weighted by atomic mass is 10.1. The van der Waals surface area contributed by atoms with E-state index in [0.29, 0.717) is 13.0 Å². The summed E-state index contributed by atoms with van der Waals surface area (Å²) in [5.74, 6) is 0.0687. The van der Waals surface area contributed by atoms with Crippen molar-refractivity contribution < 1.29 is 9.90 Å². The zero-order chi connectivity index (χ0) is 11.1. The van der Waals surface area contributed by atoms with Gasteiger partial charge in [-0.2, -0.15) is 0 Å². The highest BCUT2D eigenvalue weighted by molar-refractivity contribution is 7.09. The predicted molar refractivity (Wildman–Crippen MR) is 61.9 cm³/mol. The molecule has 1 heterocycles. The zero-order valence-electron chi connectivity index (χ0n) is 8.90. The summed E-state index contributed by atoms with van der Waals surface area (Å²) in [5, 5.41) is 13.4. The Bertz CT molecular complexity index is 285. The highest BCUT2D eigenvalue weighted by Gasteiger charge is 2.12. The highest BCUT2D eigenvalue weighted by Crippen LogP contribution is 2.14. The number of aliphatic hydroxyl groups excluding tert-OH is 1. The molecule has 0 aromatic carbocycles. The van der Waals surface area contributed by atoms with Gasteiger partial charge in [0.1, 0.15) is 0 Å². The monoisotopic (exact) mass is 227 g/mol. The first-order chi connectivity index (χ1) is 7.24. The van der Waals surface area contributed by atoms with Gasteiger partial charge in [-0.1, -0.05) is 13.0 Å². The van der Waals surface area contributed by atoms with E-state index in [4.69, 9.17) is 5.11 Å². The van der Waals surface area contributed by atoms with Gasteiger partial charge in [0.05, 0.1) is 0 Å². The van der Waals surface area contributed by atoms with Crippen LogP contribution in [0.15, 0.2) is 17.5 Å². The van der Waals surface area contributed by atoms with Crippen molar-refractivity contribution in [1.29, 1.82) is 0 Å². The molecule has 0 radical (unpaired) electrons. The minimum atomic E-state index is 0.00217. The molecule has 4 heteroatoms. The average Bonchev–Trinajstić information content (AvgIpc) is 2.70. The number of rotatable bonds is 6. The van der Waals surface area contributed by atoms with E-state index in [1.54, 1.807) is 11.3 Å². The summed E-state index contributed by atoms with van der Waals surface area (Å²) in [7, 11) is 0. The normalized spacial score (nSPS) is 12.4. The van der Waals surface area contributed by atoms with Crippen LogP contribution >= 0.6 is 11.3 Å². The van der Waals surface area contributed by atoms with Crippen LogP contribution in [-0.2, 0) is 11.2 Å². The molecule has 0 saturated heterocycles. The summed E-state index contributed by atoms with van der Waals surface area (Å²) in [6.07, 6.45) is 1.42. The van der Waals surface area contributed by atoms with Crippen molar-refractivity contribution in [3.8, 4) is 0 Å². The maximum Gasteiger partial charge on any atom is 0.223 e. The first-order valence-corrected chi connectivity index (χ1v) is 6.03. The molecule has 0 saturated carbocycles. The van der Waals surface area contributed by atoms with Gasteiger partial charge in [0.25, 0.3) is 0 Å². The standard InChI is InChI=1S/C11H17NO2S/c1-9(8-10-4-2-7-15-10)11(14)12-5-3-6-13/h2,4,7,9,13H,3,5-6,8H2,1H3,(H,12,14). The Morgan fingerprint density at radius 2 is 2.47 bits per heavy atom. The second-order valence-corrected chi connectivity index (χ2v) is 4.58. The van der Waals surface area contributed by atoms with E-state index >= 15 is 0 Å². The van der Waals surface area contributed by atoms with Crippen molar-refractivity contribution in [3.05, 3.63) is 22.4 Å². The van der Waals surface area contributed by atoms with Crippen LogP contribution in [0.1, 0.15) is 18.2 Å². The summed E-state index contributed by atoms with van der Waals surface area (Å²) in [5.41, 5.74) is 0. The molecule has 1 unspecified atom stereocenters. The van der Waals surface area contributed by atoms with Crippen molar-refractivity contribution in [2.75, 3.05) is 13.2 Å². The van der Waals surface area contributed by atoms with E-state index in [1.807, 2.05) is 24.4 Å². The number of hydrogen-bond donors (Lipinski definition) is 2. The van der Waals surface area contributed by atoms with Gasteiger partial charge in [-0.3, -0.25) is 4.79 Å². The molecule has 1 rings (SSSR count). The largest absolute Gasteiger partial charge is 0.396 e. The third kappa shape index (κ3) is 4.44. The molecule has 0 bridgehead atoms. The summed E-state index contributed by atoms with van der Waals surface area (Å²) in [6.45, 7) is 2.61. The third-order valence-corrected chi connectivity index (χ3v) is 3.07. The minimum absolute atomic E-state index is 0.00217. The van der Waals surface area contributed by atoms with Crippen molar-refractivity contribution in [2.45, 2.75) is 19.8 Å². The molecule has 1 aromatic rings. The number of thiophene rings is 1.